The van der Waals surface area contributed by atoms with E-state index in [0.29, 0.717) is 12.0 Å². The molecule has 0 fully saturated rings. The molecule has 12 heteroatoms. The van der Waals surface area contributed by atoms with Crippen LogP contribution in [-0.4, -0.2) is 59.5 Å². The molecular formula is C27H41NO11. The zero-order valence-electron chi connectivity index (χ0n) is 24.0. The number of hydrogen-bond acceptors (Lipinski definition) is 11. The SMILES string of the molecule is CCC(C)(C)OC(=O)OC(C)C(C)C(c1ccc(OC(=O)OC(C)C)c(OC(=O)OC(C)C)c1)[C@H](N)C(=O)O. The van der Waals surface area contributed by atoms with Crippen LogP contribution in [0.25, 0.3) is 0 Å². The van der Waals surface area contributed by atoms with Crippen LogP contribution in [0.5, 0.6) is 11.5 Å². The molecule has 0 spiro atoms. The molecular weight excluding hydrogens is 514 g/mol. The van der Waals surface area contributed by atoms with E-state index in [1.807, 2.05) is 6.92 Å². The minimum atomic E-state index is -1.44. The highest BCUT2D eigenvalue weighted by atomic mass is 16.8. The molecule has 1 aromatic carbocycles. The molecule has 0 aromatic heterocycles. The fraction of sp³-hybridized carbons (Fsp3) is 0.630. The van der Waals surface area contributed by atoms with Crippen LogP contribution in [-0.2, 0) is 23.7 Å². The maximum atomic E-state index is 12.4. The second kappa shape index (κ2) is 14.6. The lowest BCUT2D eigenvalue weighted by Crippen LogP contribution is -2.43. The van der Waals surface area contributed by atoms with Crippen LogP contribution < -0.4 is 15.2 Å². The van der Waals surface area contributed by atoms with E-state index in [4.69, 9.17) is 34.2 Å². The first kappa shape index (κ1) is 33.5. The van der Waals surface area contributed by atoms with Crippen molar-refractivity contribution in [2.75, 3.05) is 0 Å². The maximum Gasteiger partial charge on any atom is 0.514 e. The fourth-order valence-electron chi connectivity index (χ4n) is 3.37. The number of rotatable bonds is 12. The molecule has 1 aromatic rings. The summed E-state index contributed by atoms with van der Waals surface area (Å²) in [5.41, 5.74) is 5.63. The highest BCUT2D eigenvalue weighted by molar-refractivity contribution is 5.75. The summed E-state index contributed by atoms with van der Waals surface area (Å²) in [6, 6.07) is 2.65. The Hall–Kier alpha value is -3.54. The van der Waals surface area contributed by atoms with Gasteiger partial charge in [-0.1, -0.05) is 19.9 Å². The highest BCUT2D eigenvalue weighted by Gasteiger charge is 2.36. The summed E-state index contributed by atoms with van der Waals surface area (Å²) in [4.78, 5) is 48.7. The van der Waals surface area contributed by atoms with Crippen molar-refractivity contribution < 1.29 is 52.7 Å². The van der Waals surface area contributed by atoms with Crippen LogP contribution in [0, 0.1) is 5.92 Å². The molecule has 0 aliphatic carbocycles. The van der Waals surface area contributed by atoms with Gasteiger partial charge in [0.15, 0.2) is 11.5 Å². The topological polar surface area (TPSA) is 170 Å². The van der Waals surface area contributed by atoms with Gasteiger partial charge < -0.3 is 39.3 Å². The smallest absolute Gasteiger partial charge is 0.480 e. The third-order valence-corrected chi connectivity index (χ3v) is 5.88. The normalized spacial score (nSPS) is 14.6. The molecule has 0 aliphatic rings. The van der Waals surface area contributed by atoms with Crippen molar-refractivity contribution in [1.82, 2.24) is 0 Å². The van der Waals surface area contributed by atoms with Gasteiger partial charge in [-0.2, -0.15) is 0 Å². The third-order valence-electron chi connectivity index (χ3n) is 5.88. The summed E-state index contributed by atoms with van der Waals surface area (Å²) in [6.45, 7) is 15.1. The van der Waals surface area contributed by atoms with Gasteiger partial charge in [-0.05, 0) is 72.6 Å². The fourth-order valence-corrected chi connectivity index (χ4v) is 3.37. The molecule has 3 N–H and O–H groups in total. The second-order valence-electron chi connectivity index (χ2n) is 10.3. The van der Waals surface area contributed by atoms with Crippen LogP contribution in [0.1, 0.15) is 80.2 Å². The number of carbonyl (C=O) groups is 4. The number of nitrogens with two attached hydrogens (primary N) is 1. The molecule has 39 heavy (non-hydrogen) atoms. The molecule has 0 aliphatic heterocycles. The number of benzene rings is 1. The Morgan fingerprint density at radius 2 is 1.36 bits per heavy atom. The zero-order chi connectivity index (χ0) is 30.1. The Morgan fingerprint density at radius 3 is 1.82 bits per heavy atom. The largest absolute Gasteiger partial charge is 0.514 e. The summed E-state index contributed by atoms with van der Waals surface area (Å²) in [7, 11) is 0. The van der Waals surface area contributed by atoms with Crippen LogP contribution >= 0.6 is 0 Å². The van der Waals surface area contributed by atoms with Gasteiger partial charge in [0.05, 0.1) is 12.2 Å². The lowest BCUT2D eigenvalue weighted by molar-refractivity contribution is -0.139. The molecule has 0 saturated heterocycles. The lowest BCUT2D eigenvalue weighted by atomic mass is 9.79. The Bertz CT molecular complexity index is 1010. The van der Waals surface area contributed by atoms with E-state index < -0.39 is 66.2 Å². The van der Waals surface area contributed by atoms with Gasteiger partial charge in [0.25, 0.3) is 0 Å². The summed E-state index contributed by atoms with van der Waals surface area (Å²) in [5, 5.41) is 9.73. The predicted octanol–water partition coefficient (Wildman–Crippen LogP) is 5.40. The number of ether oxygens (including phenoxy) is 6. The van der Waals surface area contributed by atoms with Gasteiger partial charge in [0, 0.05) is 11.8 Å². The van der Waals surface area contributed by atoms with E-state index >= 15 is 0 Å². The van der Waals surface area contributed by atoms with Crippen molar-refractivity contribution in [2.24, 2.45) is 11.7 Å². The molecule has 1 rings (SSSR count). The molecule has 0 saturated carbocycles. The quantitative estimate of drug-likeness (QED) is 0.192. The van der Waals surface area contributed by atoms with E-state index in [2.05, 4.69) is 0 Å². The van der Waals surface area contributed by atoms with Gasteiger partial charge in [-0.25, -0.2) is 14.4 Å². The van der Waals surface area contributed by atoms with Crippen molar-refractivity contribution in [3.63, 3.8) is 0 Å². The van der Waals surface area contributed by atoms with Gasteiger partial charge in [0.1, 0.15) is 17.7 Å². The molecule has 0 bridgehead atoms. The average molecular weight is 556 g/mol. The summed E-state index contributed by atoms with van der Waals surface area (Å²) in [5.74, 6) is -3.30. The van der Waals surface area contributed by atoms with Gasteiger partial charge in [-0.15, -0.1) is 0 Å². The Balaban J connectivity index is 3.42. The molecule has 3 unspecified atom stereocenters. The zero-order valence-corrected chi connectivity index (χ0v) is 24.0. The number of carboxylic acids is 1. The summed E-state index contributed by atoms with van der Waals surface area (Å²) >= 11 is 0. The molecule has 220 valence electrons. The minimum absolute atomic E-state index is 0.171. The lowest BCUT2D eigenvalue weighted by Gasteiger charge is -2.32. The van der Waals surface area contributed by atoms with E-state index in [-0.39, 0.29) is 11.5 Å². The van der Waals surface area contributed by atoms with Crippen LogP contribution in [0.3, 0.4) is 0 Å². The van der Waals surface area contributed by atoms with Gasteiger partial charge in [-0.3, -0.25) is 4.79 Å². The van der Waals surface area contributed by atoms with Gasteiger partial charge >= 0.3 is 24.4 Å². The monoisotopic (exact) mass is 555 g/mol. The van der Waals surface area contributed by atoms with Crippen molar-refractivity contribution >= 4 is 24.4 Å². The molecule has 12 nitrogen and oxygen atoms in total. The number of carbonyl (C=O) groups excluding carboxylic acids is 3. The van der Waals surface area contributed by atoms with Crippen LogP contribution in [0.15, 0.2) is 18.2 Å². The third kappa shape index (κ3) is 11.0. The van der Waals surface area contributed by atoms with E-state index in [0.717, 1.165) is 0 Å². The maximum absolute atomic E-state index is 12.4. The predicted molar refractivity (Wildman–Crippen MR) is 140 cm³/mol. The Morgan fingerprint density at radius 1 is 0.846 bits per heavy atom. The summed E-state index contributed by atoms with van der Waals surface area (Å²) in [6.07, 6.45) is -4.26. The van der Waals surface area contributed by atoms with Crippen molar-refractivity contribution in [3.05, 3.63) is 23.8 Å². The Kier molecular flexibility index (Phi) is 12.5. The van der Waals surface area contributed by atoms with Crippen molar-refractivity contribution in [3.8, 4) is 11.5 Å². The van der Waals surface area contributed by atoms with E-state index in [9.17, 15) is 24.3 Å². The standard InChI is InChI=1S/C27H41NO11/c1-10-27(8,9)39-26(33)36-17(7)16(6)21(22(28)23(29)30)18-11-12-19(37-24(31)34-14(2)3)20(13-18)38-25(32)35-15(4)5/h11-17,21-22H,10,28H2,1-9H3,(H,29,30)/t16?,17?,21?,22-/m0/s1. The average Bonchev–Trinajstić information content (AvgIpc) is 2.78. The van der Waals surface area contributed by atoms with Crippen LogP contribution in [0.4, 0.5) is 14.4 Å². The Labute approximate surface area is 229 Å². The summed E-state index contributed by atoms with van der Waals surface area (Å²) < 4.78 is 31.2. The molecule has 4 atom stereocenters. The minimum Gasteiger partial charge on any atom is -0.480 e. The molecule has 0 radical (unpaired) electrons. The first-order valence-electron chi connectivity index (χ1n) is 12.8. The highest BCUT2D eigenvalue weighted by Crippen LogP contribution is 2.37. The van der Waals surface area contributed by atoms with E-state index in [1.165, 1.54) is 18.2 Å². The molecule has 0 amide bonds. The van der Waals surface area contributed by atoms with Crippen molar-refractivity contribution in [2.45, 2.75) is 105 Å². The molecule has 0 heterocycles. The van der Waals surface area contributed by atoms with Gasteiger partial charge in [0.2, 0.25) is 0 Å². The van der Waals surface area contributed by atoms with Crippen LogP contribution in [0.2, 0.25) is 0 Å². The van der Waals surface area contributed by atoms with E-state index in [1.54, 1.807) is 55.4 Å². The first-order chi connectivity index (χ1) is 18.0. The van der Waals surface area contributed by atoms with Crippen molar-refractivity contribution in [1.29, 1.82) is 0 Å². The second-order valence-corrected chi connectivity index (χ2v) is 10.3. The first-order valence-corrected chi connectivity index (χ1v) is 12.8. The number of hydrogen-bond donors (Lipinski definition) is 2. The number of carboxylic acid groups (broad SMARTS) is 1. The number of aliphatic carboxylic acids is 1.